The van der Waals surface area contributed by atoms with Crippen molar-refractivity contribution in [3.05, 3.63) is 40.6 Å². The first kappa shape index (κ1) is 30.2. The highest BCUT2D eigenvalue weighted by Gasteiger charge is 2.35. The molecule has 12 heteroatoms. The van der Waals surface area contributed by atoms with Gasteiger partial charge in [0.05, 0.1) is 40.9 Å². The quantitative estimate of drug-likeness (QED) is 0.291. The van der Waals surface area contributed by atoms with Gasteiger partial charge in [0.2, 0.25) is 0 Å². The van der Waals surface area contributed by atoms with Crippen LogP contribution in [0.4, 0.5) is 19.0 Å². The number of halogens is 4. The van der Waals surface area contributed by atoms with E-state index in [4.69, 9.17) is 16.3 Å². The highest BCUT2D eigenvalue weighted by Crippen LogP contribution is 2.41. The van der Waals surface area contributed by atoms with E-state index in [0.717, 1.165) is 4.70 Å². The standard InChI is InChI=1S/C21H17ClF3N5OS.C5H11N.C2H6/c1-31-20-28-18-12(19(29-20)30-6-5-26-8-21(24,25)9-30)7-13(22)15(16(18)23)11-3-2-4-14-17(11)27-10-32-14;1-6-4-2-3-5-6;1-2/h2-4,7,10,26H,5-6,8-9H2,1H3;2-5H2,1H3;1-2H3. The lowest BCUT2D eigenvalue weighted by Gasteiger charge is -2.26. The van der Waals surface area contributed by atoms with Crippen molar-refractivity contribution >= 4 is 49.9 Å². The van der Waals surface area contributed by atoms with Crippen LogP contribution >= 0.6 is 22.9 Å². The molecule has 40 heavy (non-hydrogen) atoms. The Morgan fingerprint density at radius 2 is 1.85 bits per heavy atom. The summed E-state index contributed by atoms with van der Waals surface area (Å²) in [4.78, 5) is 16.6. The number of fused-ring (bicyclic) bond motifs is 2. The molecule has 0 saturated carbocycles. The van der Waals surface area contributed by atoms with Crippen LogP contribution in [0, 0.1) is 5.82 Å². The minimum atomic E-state index is -2.98. The van der Waals surface area contributed by atoms with Crippen LogP contribution in [0.5, 0.6) is 6.01 Å². The van der Waals surface area contributed by atoms with Crippen molar-refractivity contribution in [2.24, 2.45) is 0 Å². The number of likely N-dealkylation sites (tertiary alicyclic amines) is 1. The van der Waals surface area contributed by atoms with E-state index < -0.39 is 24.8 Å². The summed E-state index contributed by atoms with van der Waals surface area (Å²) in [7, 11) is 3.52. The fourth-order valence-electron chi connectivity index (χ4n) is 4.78. The second-order valence-electron chi connectivity index (χ2n) is 9.45. The third-order valence-corrected chi connectivity index (χ3v) is 7.74. The van der Waals surface area contributed by atoms with Crippen molar-refractivity contribution in [3.8, 4) is 17.1 Å². The number of ether oxygens (including phenoxy) is 1. The summed E-state index contributed by atoms with van der Waals surface area (Å²) in [5, 5.41) is 3.06. The van der Waals surface area contributed by atoms with Crippen LogP contribution < -0.4 is 15.0 Å². The minimum Gasteiger partial charge on any atom is -0.467 e. The Kier molecular flexibility index (Phi) is 10.0. The molecule has 1 N–H and O–H groups in total. The van der Waals surface area contributed by atoms with E-state index in [1.54, 1.807) is 17.6 Å². The van der Waals surface area contributed by atoms with Gasteiger partial charge in [0.1, 0.15) is 11.3 Å². The van der Waals surface area contributed by atoms with Crippen LogP contribution in [0.2, 0.25) is 5.02 Å². The highest BCUT2D eigenvalue weighted by atomic mass is 35.5. The molecule has 4 aromatic rings. The van der Waals surface area contributed by atoms with E-state index in [1.807, 2.05) is 19.9 Å². The molecule has 2 aromatic carbocycles. The number of benzene rings is 2. The van der Waals surface area contributed by atoms with E-state index in [9.17, 15) is 8.78 Å². The molecule has 0 atom stereocenters. The fourth-order valence-corrected chi connectivity index (χ4v) is 5.78. The Bertz CT molecular complexity index is 1450. The number of nitrogens with zero attached hydrogens (tertiary/aromatic N) is 5. The number of anilines is 1. The lowest BCUT2D eigenvalue weighted by atomic mass is 10.0. The van der Waals surface area contributed by atoms with Gasteiger partial charge in [-0.15, -0.1) is 11.3 Å². The van der Waals surface area contributed by atoms with E-state index in [-0.39, 0.29) is 39.9 Å². The smallest absolute Gasteiger partial charge is 0.318 e. The van der Waals surface area contributed by atoms with Crippen LogP contribution in [-0.2, 0) is 0 Å². The summed E-state index contributed by atoms with van der Waals surface area (Å²) in [6.07, 6.45) is 2.83. The third kappa shape index (κ3) is 6.59. The number of methoxy groups -OCH3 is 1. The molecule has 0 unspecified atom stereocenters. The zero-order chi connectivity index (χ0) is 28.9. The van der Waals surface area contributed by atoms with Crippen LogP contribution in [0.15, 0.2) is 29.8 Å². The Morgan fingerprint density at radius 1 is 1.10 bits per heavy atom. The summed E-state index contributed by atoms with van der Waals surface area (Å²) >= 11 is 7.99. The number of thiazole rings is 1. The van der Waals surface area contributed by atoms with Crippen LogP contribution in [0.25, 0.3) is 32.2 Å². The molecule has 0 spiro atoms. The van der Waals surface area contributed by atoms with Gasteiger partial charge >= 0.3 is 6.01 Å². The van der Waals surface area contributed by atoms with E-state index in [1.165, 1.54) is 55.3 Å². The Balaban J connectivity index is 0.000000404. The molecule has 2 fully saturated rings. The molecule has 0 radical (unpaired) electrons. The number of aromatic nitrogens is 3. The first-order valence-corrected chi connectivity index (χ1v) is 14.6. The minimum absolute atomic E-state index is 0.0565. The van der Waals surface area contributed by atoms with Crippen LogP contribution in [0.3, 0.4) is 0 Å². The van der Waals surface area contributed by atoms with E-state index in [0.29, 0.717) is 17.6 Å². The molecule has 0 aliphatic carbocycles. The Hall–Kier alpha value is -2.73. The molecule has 6 rings (SSSR count). The van der Waals surface area contributed by atoms with Crippen molar-refractivity contribution in [1.82, 2.24) is 25.2 Å². The molecule has 7 nitrogen and oxygen atoms in total. The largest absolute Gasteiger partial charge is 0.467 e. The van der Waals surface area contributed by atoms with Gasteiger partial charge in [-0.05, 0) is 45.1 Å². The average molecular weight is 595 g/mol. The summed E-state index contributed by atoms with van der Waals surface area (Å²) in [5.74, 6) is -3.52. The van der Waals surface area contributed by atoms with Crippen molar-refractivity contribution < 1.29 is 17.9 Å². The number of para-hydroxylation sites is 1. The predicted octanol–water partition coefficient (Wildman–Crippen LogP) is 6.49. The van der Waals surface area contributed by atoms with Crippen molar-refractivity contribution in [1.29, 1.82) is 0 Å². The van der Waals surface area contributed by atoms with Gasteiger partial charge in [0.25, 0.3) is 5.92 Å². The number of alkyl halides is 2. The molecule has 216 valence electrons. The third-order valence-electron chi connectivity index (χ3n) is 6.65. The fraction of sp³-hybridized carbons (Fsp3) is 0.464. The van der Waals surface area contributed by atoms with Crippen LogP contribution in [-0.4, -0.2) is 79.2 Å². The molecule has 2 aliphatic rings. The second-order valence-corrected chi connectivity index (χ2v) is 10.7. The van der Waals surface area contributed by atoms with E-state index >= 15 is 4.39 Å². The molecule has 0 bridgehead atoms. The second kappa shape index (κ2) is 13.3. The van der Waals surface area contributed by atoms with Gasteiger partial charge in [-0.1, -0.05) is 37.6 Å². The first-order chi connectivity index (χ1) is 19.3. The lowest BCUT2D eigenvalue weighted by molar-refractivity contribution is 0.0156. The van der Waals surface area contributed by atoms with Gasteiger partial charge in [-0.25, -0.2) is 18.2 Å². The molecule has 2 saturated heterocycles. The summed E-state index contributed by atoms with van der Waals surface area (Å²) in [5.41, 5.74) is 2.91. The summed E-state index contributed by atoms with van der Waals surface area (Å²) in [6.45, 7) is 6.20. The highest BCUT2D eigenvalue weighted by molar-refractivity contribution is 7.16. The molecule has 2 aromatic heterocycles. The number of rotatable bonds is 3. The molecular formula is C28H34ClF3N6OS. The zero-order valence-electron chi connectivity index (χ0n) is 23.1. The van der Waals surface area contributed by atoms with E-state index in [2.05, 4.69) is 32.2 Å². The van der Waals surface area contributed by atoms with Crippen LogP contribution in [0.1, 0.15) is 26.7 Å². The average Bonchev–Trinajstić information content (AvgIpc) is 3.59. The normalized spacial score (nSPS) is 17.1. The monoisotopic (exact) mass is 594 g/mol. The molecule has 4 heterocycles. The van der Waals surface area contributed by atoms with Gasteiger partial charge in [0.15, 0.2) is 5.82 Å². The van der Waals surface area contributed by atoms with Crippen molar-refractivity contribution in [2.75, 3.05) is 58.3 Å². The maximum Gasteiger partial charge on any atom is 0.318 e. The molecule has 2 aliphatic heterocycles. The Labute approximate surface area is 241 Å². The first-order valence-electron chi connectivity index (χ1n) is 13.4. The van der Waals surface area contributed by atoms with Gasteiger partial charge in [-0.3, -0.25) is 0 Å². The van der Waals surface area contributed by atoms with Gasteiger partial charge in [-0.2, -0.15) is 9.97 Å². The van der Waals surface area contributed by atoms with Gasteiger partial charge in [0, 0.05) is 29.6 Å². The van der Waals surface area contributed by atoms with Crippen molar-refractivity contribution in [3.63, 3.8) is 0 Å². The number of hydrogen-bond donors (Lipinski definition) is 1. The maximum atomic E-state index is 15.9. The molecule has 0 amide bonds. The number of hydrogen-bond acceptors (Lipinski definition) is 8. The summed E-state index contributed by atoms with van der Waals surface area (Å²) in [6, 6.07) is 6.82. The van der Waals surface area contributed by atoms with Crippen molar-refractivity contribution in [2.45, 2.75) is 32.6 Å². The van der Waals surface area contributed by atoms with Gasteiger partial charge < -0.3 is 19.9 Å². The SMILES string of the molecule is CC.CN1CCCC1.COc1nc(N2CCNCC(F)(F)C2)c2cc(Cl)c(-c3cccc4scnc34)c(F)c2n1. The topological polar surface area (TPSA) is 66.4 Å². The summed E-state index contributed by atoms with van der Waals surface area (Å²) < 4.78 is 50.5. The predicted molar refractivity (Wildman–Crippen MR) is 158 cm³/mol. The lowest BCUT2D eigenvalue weighted by Crippen LogP contribution is -2.39. The molecular weight excluding hydrogens is 561 g/mol. The maximum absolute atomic E-state index is 15.9. The Morgan fingerprint density at radius 3 is 2.52 bits per heavy atom. The number of nitrogens with one attached hydrogen (secondary N) is 1. The zero-order valence-corrected chi connectivity index (χ0v) is 24.7.